The maximum absolute atomic E-state index is 12.7. The van der Waals surface area contributed by atoms with Crippen molar-refractivity contribution in [3.63, 3.8) is 0 Å². The molecule has 0 spiro atoms. The number of ether oxygens (including phenoxy) is 1. The highest BCUT2D eigenvalue weighted by Crippen LogP contribution is 2.31. The van der Waals surface area contributed by atoms with Gasteiger partial charge in [-0.25, -0.2) is 0 Å². The van der Waals surface area contributed by atoms with Crippen molar-refractivity contribution >= 4 is 11.8 Å². The lowest BCUT2D eigenvalue weighted by molar-refractivity contribution is -0.124. The van der Waals surface area contributed by atoms with Crippen molar-refractivity contribution in [2.75, 3.05) is 25.1 Å². The molecule has 0 aliphatic carbocycles. The summed E-state index contributed by atoms with van der Waals surface area (Å²) < 4.78 is 10.7. The molecule has 27 heavy (non-hydrogen) atoms. The molecule has 6 heteroatoms. The van der Waals surface area contributed by atoms with Gasteiger partial charge in [-0.05, 0) is 31.1 Å². The van der Waals surface area contributed by atoms with Gasteiger partial charge in [0, 0.05) is 30.1 Å². The highest BCUT2D eigenvalue weighted by atomic mass is 16.5. The van der Waals surface area contributed by atoms with Gasteiger partial charge in [-0.1, -0.05) is 52.6 Å². The van der Waals surface area contributed by atoms with Crippen LogP contribution in [0.5, 0.6) is 0 Å². The van der Waals surface area contributed by atoms with E-state index in [-0.39, 0.29) is 12.5 Å². The van der Waals surface area contributed by atoms with E-state index in [0.717, 1.165) is 51.2 Å². The van der Waals surface area contributed by atoms with E-state index < -0.39 is 10.8 Å². The van der Waals surface area contributed by atoms with Crippen molar-refractivity contribution in [2.45, 2.75) is 72.1 Å². The van der Waals surface area contributed by atoms with Crippen LogP contribution in [0.15, 0.2) is 10.6 Å². The molecule has 2 N–H and O–H groups in total. The second-order valence-corrected chi connectivity index (χ2v) is 9.28. The molecule has 1 saturated heterocycles. The molecule has 1 unspecified atom stereocenters. The Balaban J connectivity index is 1.82. The summed E-state index contributed by atoms with van der Waals surface area (Å²) in [6.45, 7) is 11.7. The van der Waals surface area contributed by atoms with Crippen LogP contribution in [-0.2, 0) is 14.9 Å². The molecular weight excluding hydrogens is 344 g/mol. The number of anilines is 1. The van der Waals surface area contributed by atoms with Gasteiger partial charge < -0.3 is 14.4 Å². The second kappa shape index (κ2) is 9.20. The number of amides is 1. The largest absolute Gasteiger partial charge is 0.395 e. The molecule has 1 aromatic heterocycles. The zero-order chi connectivity index (χ0) is 20.1. The summed E-state index contributed by atoms with van der Waals surface area (Å²) in [6, 6.07) is 1.69. The summed E-state index contributed by atoms with van der Waals surface area (Å²) in [6.07, 6.45) is 5.30. The molecule has 1 aromatic rings. The SMILES string of the molecule is CC(CCCC(C)(C)C(=O)Nc1cc(C(C)(C)CO)no1)C1CCOCC1. The quantitative estimate of drug-likeness (QED) is 0.672. The van der Waals surface area contributed by atoms with Crippen LogP contribution in [-0.4, -0.2) is 36.0 Å². The van der Waals surface area contributed by atoms with E-state index >= 15 is 0 Å². The van der Waals surface area contributed by atoms with Crippen LogP contribution in [0.3, 0.4) is 0 Å². The maximum atomic E-state index is 12.7. The van der Waals surface area contributed by atoms with E-state index in [1.165, 1.54) is 0 Å². The molecule has 0 aromatic carbocycles. The monoisotopic (exact) mass is 380 g/mol. The Morgan fingerprint density at radius 1 is 1.33 bits per heavy atom. The lowest BCUT2D eigenvalue weighted by Gasteiger charge is -2.29. The van der Waals surface area contributed by atoms with Crippen molar-refractivity contribution in [1.82, 2.24) is 5.16 Å². The van der Waals surface area contributed by atoms with Crippen molar-refractivity contribution in [3.05, 3.63) is 11.8 Å². The van der Waals surface area contributed by atoms with Gasteiger partial charge in [0.05, 0.1) is 12.3 Å². The van der Waals surface area contributed by atoms with Crippen LogP contribution in [0.2, 0.25) is 0 Å². The number of carbonyl (C=O) groups excluding carboxylic acids is 1. The number of nitrogens with one attached hydrogen (secondary N) is 1. The first-order valence-electron chi connectivity index (χ1n) is 10.1. The summed E-state index contributed by atoms with van der Waals surface area (Å²) in [5, 5.41) is 16.2. The van der Waals surface area contributed by atoms with Crippen LogP contribution in [0.25, 0.3) is 0 Å². The zero-order valence-electron chi connectivity index (χ0n) is 17.5. The van der Waals surface area contributed by atoms with Crippen LogP contribution < -0.4 is 5.32 Å². The summed E-state index contributed by atoms with van der Waals surface area (Å²) >= 11 is 0. The summed E-state index contributed by atoms with van der Waals surface area (Å²) in [5.74, 6) is 1.69. The van der Waals surface area contributed by atoms with E-state index in [9.17, 15) is 9.90 Å². The fraction of sp³-hybridized carbons (Fsp3) is 0.810. The van der Waals surface area contributed by atoms with Crippen molar-refractivity contribution in [3.8, 4) is 0 Å². The van der Waals surface area contributed by atoms with Gasteiger partial charge >= 0.3 is 0 Å². The molecule has 2 heterocycles. The normalized spacial score (nSPS) is 17.7. The second-order valence-electron chi connectivity index (χ2n) is 9.28. The Morgan fingerprint density at radius 3 is 2.63 bits per heavy atom. The minimum absolute atomic E-state index is 0.0380. The van der Waals surface area contributed by atoms with Gasteiger partial charge in [-0.3, -0.25) is 10.1 Å². The lowest BCUT2D eigenvalue weighted by Crippen LogP contribution is -2.31. The average Bonchev–Trinajstić information content (AvgIpc) is 3.11. The molecule has 1 aliphatic heterocycles. The van der Waals surface area contributed by atoms with E-state index in [1.54, 1.807) is 6.07 Å². The Hall–Kier alpha value is -1.40. The minimum Gasteiger partial charge on any atom is -0.395 e. The highest BCUT2D eigenvalue weighted by molar-refractivity contribution is 5.93. The number of rotatable bonds is 9. The molecule has 0 saturated carbocycles. The Bertz CT molecular complexity index is 603. The highest BCUT2D eigenvalue weighted by Gasteiger charge is 2.30. The lowest BCUT2D eigenvalue weighted by atomic mass is 9.80. The summed E-state index contributed by atoms with van der Waals surface area (Å²) in [4.78, 5) is 12.7. The molecular formula is C21H36N2O4. The molecule has 1 fully saturated rings. The number of hydrogen-bond acceptors (Lipinski definition) is 5. The van der Waals surface area contributed by atoms with E-state index in [2.05, 4.69) is 17.4 Å². The van der Waals surface area contributed by atoms with Crippen molar-refractivity contribution in [1.29, 1.82) is 0 Å². The third kappa shape index (κ3) is 6.04. The predicted octanol–water partition coefficient (Wildman–Crippen LogP) is 4.14. The number of aliphatic hydroxyl groups excluding tert-OH is 1. The van der Waals surface area contributed by atoms with Crippen molar-refractivity contribution in [2.24, 2.45) is 17.3 Å². The van der Waals surface area contributed by atoms with Gasteiger partial charge in [0.25, 0.3) is 0 Å². The molecule has 1 amide bonds. The van der Waals surface area contributed by atoms with E-state index in [1.807, 2.05) is 27.7 Å². The van der Waals surface area contributed by atoms with Gasteiger partial charge in [-0.2, -0.15) is 0 Å². The van der Waals surface area contributed by atoms with Gasteiger partial charge in [-0.15, -0.1) is 0 Å². The van der Waals surface area contributed by atoms with Gasteiger partial charge in [0.2, 0.25) is 11.8 Å². The van der Waals surface area contributed by atoms with Crippen LogP contribution in [0.4, 0.5) is 5.88 Å². The molecule has 154 valence electrons. The maximum Gasteiger partial charge on any atom is 0.232 e. The number of nitrogens with zero attached hydrogens (tertiary/aromatic N) is 1. The Morgan fingerprint density at radius 2 is 2.00 bits per heavy atom. The van der Waals surface area contributed by atoms with Gasteiger partial charge in [0.15, 0.2) is 0 Å². The third-order valence-electron chi connectivity index (χ3n) is 5.98. The third-order valence-corrected chi connectivity index (χ3v) is 5.98. The zero-order valence-corrected chi connectivity index (χ0v) is 17.5. The first-order chi connectivity index (χ1) is 12.7. The number of hydrogen-bond donors (Lipinski definition) is 2. The Kier molecular flexibility index (Phi) is 7.46. The van der Waals surface area contributed by atoms with E-state index in [0.29, 0.717) is 17.5 Å². The summed E-state index contributed by atoms with van der Waals surface area (Å²) in [5.41, 5.74) is -0.347. The van der Waals surface area contributed by atoms with Crippen molar-refractivity contribution < 1.29 is 19.2 Å². The fourth-order valence-electron chi connectivity index (χ4n) is 3.52. The number of aromatic nitrogens is 1. The first kappa shape index (κ1) is 21.9. The topological polar surface area (TPSA) is 84.6 Å². The first-order valence-corrected chi connectivity index (χ1v) is 10.1. The molecule has 6 nitrogen and oxygen atoms in total. The summed E-state index contributed by atoms with van der Waals surface area (Å²) in [7, 11) is 0. The average molecular weight is 381 g/mol. The molecule has 2 rings (SSSR count). The molecule has 1 atom stereocenters. The molecule has 0 radical (unpaired) electrons. The van der Waals surface area contributed by atoms with Crippen LogP contribution in [0.1, 0.15) is 72.4 Å². The van der Waals surface area contributed by atoms with Crippen LogP contribution >= 0.6 is 0 Å². The smallest absolute Gasteiger partial charge is 0.232 e. The van der Waals surface area contributed by atoms with E-state index in [4.69, 9.17) is 9.26 Å². The standard InChI is InChI=1S/C21H36N2O4/c1-15(16-8-11-26-12-9-16)7-6-10-20(2,3)19(25)22-18-13-17(23-27-18)21(4,5)14-24/h13,15-16,24H,6-12,14H2,1-5H3,(H,22,25). The predicted molar refractivity (Wildman–Crippen MR) is 106 cm³/mol. The fourth-order valence-corrected chi connectivity index (χ4v) is 3.52. The van der Waals surface area contributed by atoms with Crippen LogP contribution in [0, 0.1) is 17.3 Å². The molecule has 1 aliphatic rings. The van der Waals surface area contributed by atoms with Gasteiger partial charge in [0.1, 0.15) is 0 Å². The number of aliphatic hydroxyl groups is 1. The number of carbonyl (C=O) groups is 1. The molecule has 0 bridgehead atoms. The minimum atomic E-state index is -0.498. The Labute approximate surface area is 163 Å².